The molecule has 2 atom stereocenters. The average molecular weight is 373 g/mol. The van der Waals surface area contributed by atoms with Crippen molar-refractivity contribution < 1.29 is 19.8 Å². The summed E-state index contributed by atoms with van der Waals surface area (Å²) in [5.74, 6) is -1.41. The maximum absolute atomic E-state index is 10.9. The number of unbranched alkanes of at least 4 members (excludes halogenated alkanes) is 6. The summed E-state index contributed by atoms with van der Waals surface area (Å²) in [4.78, 5) is 21.6. The van der Waals surface area contributed by atoms with Crippen LogP contribution in [0.5, 0.6) is 0 Å². The van der Waals surface area contributed by atoms with Gasteiger partial charge < -0.3 is 10.2 Å². The highest BCUT2D eigenvalue weighted by Crippen LogP contribution is 2.17. The molecule has 0 heterocycles. The summed E-state index contributed by atoms with van der Waals surface area (Å²) < 4.78 is 0. The van der Waals surface area contributed by atoms with E-state index < -0.39 is 11.9 Å². The number of hydrogen-bond acceptors (Lipinski definition) is 2. The topological polar surface area (TPSA) is 74.6 Å². The number of carboxylic acid groups (broad SMARTS) is 2. The molecule has 0 radical (unpaired) electrons. The molecule has 2 unspecified atom stereocenters. The van der Waals surface area contributed by atoms with Crippen LogP contribution in [0.3, 0.4) is 0 Å². The van der Waals surface area contributed by atoms with Crippen LogP contribution in [-0.4, -0.2) is 22.2 Å². The normalized spacial score (nSPS) is 12.8. The van der Waals surface area contributed by atoms with Crippen molar-refractivity contribution in [1.29, 1.82) is 0 Å². The van der Waals surface area contributed by atoms with Crippen molar-refractivity contribution in [2.24, 2.45) is 11.8 Å². The van der Waals surface area contributed by atoms with Crippen LogP contribution in [0.4, 0.5) is 0 Å². The third-order valence-corrected chi connectivity index (χ3v) is 4.80. The lowest BCUT2D eigenvalue weighted by atomic mass is 9.95. The molecule has 0 fully saturated rings. The zero-order valence-electron chi connectivity index (χ0n) is 17.8. The molecule has 4 heteroatoms. The summed E-state index contributed by atoms with van der Waals surface area (Å²) >= 11 is 0. The molecule has 0 aliphatic rings. The van der Waals surface area contributed by atoms with Gasteiger partial charge in [0.15, 0.2) is 0 Å². The Balaban J connectivity index is 0. The van der Waals surface area contributed by atoms with Crippen LogP contribution in [0, 0.1) is 11.8 Å². The van der Waals surface area contributed by atoms with E-state index in [0.717, 1.165) is 64.2 Å². The van der Waals surface area contributed by atoms with E-state index in [1.54, 1.807) is 0 Å². The van der Waals surface area contributed by atoms with E-state index in [2.05, 4.69) is 20.8 Å². The number of hydrogen-bond donors (Lipinski definition) is 2. The molecule has 0 amide bonds. The number of aliphatic carboxylic acids is 2. The Labute approximate surface area is 161 Å². The van der Waals surface area contributed by atoms with Gasteiger partial charge in [-0.1, -0.05) is 91.9 Å². The smallest absolute Gasteiger partial charge is 0.306 e. The Bertz CT molecular complexity index is 328. The fraction of sp³-hybridized carbons (Fsp3) is 0.909. The molecule has 0 saturated heterocycles. The SMILES string of the molecule is CCCCCC(CCC)C(=O)O.CCCCCCC(CCCC)C(=O)O. The van der Waals surface area contributed by atoms with Gasteiger partial charge in [-0.2, -0.15) is 0 Å². The van der Waals surface area contributed by atoms with Crippen molar-refractivity contribution in [3.63, 3.8) is 0 Å². The van der Waals surface area contributed by atoms with E-state index >= 15 is 0 Å². The van der Waals surface area contributed by atoms with Gasteiger partial charge in [0.25, 0.3) is 0 Å². The van der Waals surface area contributed by atoms with E-state index in [0.29, 0.717) is 0 Å². The van der Waals surface area contributed by atoms with Crippen LogP contribution in [0.15, 0.2) is 0 Å². The highest BCUT2D eigenvalue weighted by atomic mass is 16.4. The van der Waals surface area contributed by atoms with Crippen molar-refractivity contribution in [1.82, 2.24) is 0 Å². The zero-order valence-corrected chi connectivity index (χ0v) is 17.8. The lowest BCUT2D eigenvalue weighted by Crippen LogP contribution is -2.13. The Morgan fingerprint density at radius 2 is 0.923 bits per heavy atom. The fourth-order valence-electron chi connectivity index (χ4n) is 3.04. The maximum Gasteiger partial charge on any atom is 0.306 e. The molecule has 0 aromatic rings. The average Bonchev–Trinajstić information content (AvgIpc) is 2.60. The summed E-state index contributed by atoms with van der Waals surface area (Å²) in [6.45, 7) is 8.45. The Hall–Kier alpha value is -1.06. The van der Waals surface area contributed by atoms with Crippen molar-refractivity contribution in [2.75, 3.05) is 0 Å². The molecule has 0 bridgehead atoms. The molecule has 0 spiro atoms. The quantitative estimate of drug-likeness (QED) is 0.288. The zero-order chi connectivity index (χ0) is 20.2. The van der Waals surface area contributed by atoms with Crippen LogP contribution in [0.2, 0.25) is 0 Å². The van der Waals surface area contributed by atoms with Gasteiger partial charge in [0.05, 0.1) is 11.8 Å². The van der Waals surface area contributed by atoms with Gasteiger partial charge in [0.1, 0.15) is 0 Å². The third kappa shape index (κ3) is 17.8. The summed E-state index contributed by atoms with van der Waals surface area (Å²) in [6, 6.07) is 0. The standard InChI is InChI=1S/C12H24O2.C10H20O2/c1-3-5-7-8-10-11(12(13)14)9-6-4-2;1-3-5-6-8-9(7-4-2)10(11)12/h11H,3-10H2,1-2H3,(H,13,14);9H,3-8H2,1-2H3,(H,11,12). The lowest BCUT2D eigenvalue weighted by Gasteiger charge is -2.10. The van der Waals surface area contributed by atoms with Crippen LogP contribution < -0.4 is 0 Å². The highest BCUT2D eigenvalue weighted by Gasteiger charge is 2.16. The predicted octanol–water partition coefficient (Wildman–Crippen LogP) is 6.92. The Kier molecular flexibility index (Phi) is 21.2. The molecule has 2 N–H and O–H groups in total. The molecular formula is C22H44O4. The summed E-state index contributed by atoms with van der Waals surface area (Å²) in [5, 5.41) is 17.8. The molecule has 0 aromatic heterocycles. The van der Waals surface area contributed by atoms with E-state index in [-0.39, 0.29) is 11.8 Å². The molecule has 156 valence electrons. The van der Waals surface area contributed by atoms with Gasteiger partial charge in [0.2, 0.25) is 0 Å². The fourth-order valence-corrected chi connectivity index (χ4v) is 3.04. The Morgan fingerprint density at radius 3 is 1.35 bits per heavy atom. The van der Waals surface area contributed by atoms with Gasteiger partial charge in [-0.3, -0.25) is 9.59 Å². The summed E-state index contributed by atoms with van der Waals surface area (Å²) in [5.41, 5.74) is 0. The van der Waals surface area contributed by atoms with Gasteiger partial charge in [-0.05, 0) is 25.7 Å². The molecule has 4 nitrogen and oxygen atoms in total. The van der Waals surface area contributed by atoms with E-state index in [1.807, 2.05) is 6.92 Å². The molecule has 0 aromatic carbocycles. The molecule has 0 rings (SSSR count). The largest absolute Gasteiger partial charge is 0.481 e. The first-order chi connectivity index (χ1) is 12.4. The van der Waals surface area contributed by atoms with Crippen molar-refractivity contribution in [2.45, 2.75) is 118 Å². The minimum absolute atomic E-state index is 0.0909. The number of rotatable bonds is 16. The van der Waals surface area contributed by atoms with E-state index in [4.69, 9.17) is 10.2 Å². The predicted molar refractivity (Wildman–Crippen MR) is 110 cm³/mol. The van der Waals surface area contributed by atoms with Crippen LogP contribution in [-0.2, 0) is 9.59 Å². The molecular weight excluding hydrogens is 328 g/mol. The van der Waals surface area contributed by atoms with Crippen LogP contribution >= 0.6 is 0 Å². The molecule has 0 saturated carbocycles. The van der Waals surface area contributed by atoms with Crippen molar-refractivity contribution >= 4 is 11.9 Å². The second-order valence-electron chi connectivity index (χ2n) is 7.35. The second kappa shape index (κ2) is 20.3. The van der Waals surface area contributed by atoms with Crippen molar-refractivity contribution in [3.8, 4) is 0 Å². The molecule has 26 heavy (non-hydrogen) atoms. The van der Waals surface area contributed by atoms with Crippen LogP contribution in [0.1, 0.15) is 118 Å². The van der Waals surface area contributed by atoms with Crippen LogP contribution in [0.25, 0.3) is 0 Å². The van der Waals surface area contributed by atoms with E-state index in [1.165, 1.54) is 25.7 Å². The maximum atomic E-state index is 10.9. The first kappa shape index (κ1) is 27.2. The summed E-state index contributed by atoms with van der Waals surface area (Å²) in [6.07, 6.45) is 14.6. The number of carboxylic acids is 2. The minimum atomic E-state index is -0.618. The lowest BCUT2D eigenvalue weighted by molar-refractivity contribution is -0.143. The van der Waals surface area contributed by atoms with E-state index in [9.17, 15) is 9.59 Å². The first-order valence-electron chi connectivity index (χ1n) is 10.9. The van der Waals surface area contributed by atoms with Crippen molar-refractivity contribution in [3.05, 3.63) is 0 Å². The monoisotopic (exact) mass is 372 g/mol. The number of carbonyl (C=O) groups is 2. The van der Waals surface area contributed by atoms with Gasteiger partial charge >= 0.3 is 11.9 Å². The highest BCUT2D eigenvalue weighted by molar-refractivity contribution is 5.70. The Morgan fingerprint density at radius 1 is 0.538 bits per heavy atom. The molecule has 0 aliphatic carbocycles. The van der Waals surface area contributed by atoms with Gasteiger partial charge in [-0.25, -0.2) is 0 Å². The summed E-state index contributed by atoms with van der Waals surface area (Å²) in [7, 11) is 0. The van der Waals surface area contributed by atoms with Gasteiger partial charge in [-0.15, -0.1) is 0 Å². The third-order valence-electron chi connectivity index (χ3n) is 4.80. The van der Waals surface area contributed by atoms with Gasteiger partial charge in [0, 0.05) is 0 Å². The first-order valence-corrected chi connectivity index (χ1v) is 10.9. The molecule has 0 aliphatic heterocycles. The minimum Gasteiger partial charge on any atom is -0.481 e. The second-order valence-corrected chi connectivity index (χ2v) is 7.35.